The fraction of sp³-hybridized carbons (Fsp3) is 0.524. The van der Waals surface area contributed by atoms with Crippen LogP contribution in [0.5, 0.6) is 0 Å². The van der Waals surface area contributed by atoms with Crippen LogP contribution in [0.4, 0.5) is 0 Å². The molecule has 142 valence electrons. The number of allylic oxidation sites excluding steroid dienone is 2. The molecule has 0 unspecified atom stereocenters. The van der Waals surface area contributed by atoms with Crippen LogP contribution < -0.4 is 0 Å². The van der Waals surface area contributed by atoms with Gasteiger partial charge in [0.2, 0.25) is 0 Å². The van der Waals surface area contributed by atoms with E-state index in [4.69, 9.17) is 16.3 Å². The summed E-state index contributed by atoms with van der Waals surface area (Å²) in [6.07, 6.45) is 3.19. The molecule has 1 aliphatic rings. The monoisotopic (exact) mass is 378 g/mol. The number of fused-ring (bicyclic) bond motifs is 2. The topological polar surface area (TPSA) is 63.6 Å². The molecule has 4 nitrogen and oxygen atoms in total. The summed E-state index contributed by atoms with van der Waals surface area (Å²) in [6, 6.07) is 7.99. The molecule has 0 radical (unpaired) electrons. The number of ketones is 1. The first-order chi connectivity index (χ1) is 12.3. The Morgan fingerprint density at radius 3 is 2.62 bits per heavy atom. The Bertz CT molecular complexity index is 682. The predicted octanol–water partition coefficient (Wildman–Crippen LogP) is 4.20. The molecular formula is C21H27ClO4. The van der Waals surface area contributed by atoms with Crippen LogP contribution in [0.1, 0.15) is 50.8 Å². The maximum atomic E-state index is 12.6. The first-order valence-corrected chi connectivity index (χ1v) is 9.53. The van der Waals surface area contributed by atoms with E-state index in [0.717, 1.165) is 17.5 Å². The highest BCUT2D eigenvalue weighted by atomic mass is 35.5. The summed E-state index contributed by atoms with van der Waals surface area (Å²) in [7, 11) is 0. The van der Waals surface area contributed by atoms with E-state index in [-0.39, 0.29) is 30.8 Å². The van der Waals surface area contributed by atoms with E-state index in [2.05, 4.69) is 13.0 Å². The molecule has 4 atom stereocenters. The van der Waals surface area contributed by atoms with Gasteiger partial charge in [0.05, 0.1) is 6.61 Å². The van der Waals surface area contributed by atoms with Gasteiger partial charge >= 0.3 is 5.97 Å². The molecule has 2 bridgehead atoms. The third-order valence-corrected chi connectivity index (χ3v) is 5.10. The molecule has 1 aromatic carbocycles. The molecule has 2 rings (SSSR count). The standard InChI is InChI=1S/C21H27ClO4/c1-4-19-16-7-5-6-15(10-16)8-13(2)9-18(22)11-17(12-23)20(24)14(3)21(25)26-19/h5-7,9-10,13-14,17,19,23H,4,8,11-12H2,1-3H3/b18-9+/t13-,14-,17-,19-/m0/s1. The summed E-state index contributed by atoms with van der Waals surface area (Å²) in [5.41, 5.74) is 2.07. The van der Waals surface area contributed by atoms with Crippen molar-refractivity contribution < 1.29 is 19.4 Å². The lowest BCUT2D eigenvalue weighted by molar-refractivity contribution is -0.157. The minimum Gasteiger partial charge on any atom is -0.457 e. The molecule has 0 fully saturated rings. The lowest BCUT2D eigenvalue weighted by Crippen LogP contribution is -2.32. The van der Waals surface area contributed by atoms with Crippen LogP contribution >= 0.6 is 11.6 Å². The normalized spacial score (nSPS) is 30.1. The van der Waals surface area contributed by atoms with Gasteiger partial charge in [-0.15, -0.1) is 0 Å². The summed E-state index contributed by atoms with van der Waals surface area (Å²) in [4.78, 5) is 25.1. The lowest BCUT2D eigenvalue weighted by atomic mass is 9.90. The minimum atomic E-state index is -0.936. The van der Waals surface area contributed by atoms with E-state index >= 15 is 0 Å². The van der Waals surface area contributed by atoms with Gasteiger partial charge in [0.1, 0.15) is 12.0 Å². The Hall–Kier alpha value is -1.65. The van der Waals surface area contributed by atoms with Gasteiger partial charge in [-0.3, -0.25) is 9.59 Å². The largest absolute Gasteiger partial charge is 0.457 e. The summed E-state index contributed by atoms with van der Waals surface area (Å²) >= 11 is 6.32. The van der Waals surface area contributed by atoms with Crippen molar-refractivity contribution in [1.29, 1.82) is 0 Å². The molecule has 1 aliphatic heterocycles. The Labute approximate surface area is 160 Å². The van der Waals surface area contributed by atoms with Gasteiger partial charge in [-0.25, -0.2) is 0 Å². The Morgan fingerprint density at radius 1 is 1.23 bits per heavy atom. The van der Waals surface area contributed by atoms with E-state index in [1.807, 2.05) is 31.2 Å². The zero-order chi connectivity index (χ0) is 19.3. The van der Waals surface area contributed by atoms with Crippen molar-refractivity contribution in [2.45, 2.75) is 46.1 Å². The number of benzene rings is 1. The van der Waals surface area contributed by atoms with Gasteiger partial charge in [0.25, 0.3) is 0 Å². The minimum absolute atomic E-state index is 0.190. The van der Waals surface area contributed by atoms with Gasteiger partial charge in [0, 0.05) is 11.0 Å². The fourth-order valence-corrected chi connectivity index (χ4v) is 3.72. The van der Waals surface area contributed by atoms with E-state index in [0.29, 0.717) is 11.5 Å². The van der Waals surface area contributed by atoms with Gasteiger partial charge in [-0.2, -0.15) is 0 Å². The second-order valence-corrected chi connectivity index (χ2v) is 7.57. The zero-order valence-electron chi connectivity index (χ0n) is 15.6. The third-order valence-electron chi connectivity index (χ3n) is 4.82. The van der Waals surface area contributed by atoms with Crippen LogP contribution in [0.3, 0.4) is 0 Å². The molecular weight excluding hydrogens is 352 g/mol. The van der Waals surface area contributed by atoms with Crippen LogP contribution in [0.2, 0.25) is 0 Å². The summed E-state index contributed by atoms with van der Waals surface area (Å²) < 4.78 is 5.62. The van der Waals surface area contributed by atoms with Gasteiger partial charge in [-0.05, 0) is 43.2 Å². The highest BCUT2D eigenvalue weighted by molar-refractivity contribution is 6.29. The number of aliphatic hydroxyl groups excluding tert-OH is 1. The number of cyclic esters (lactones) is 1. The molecule has 0 spiro atoms. The molecule has 0 aliphatic carbocycles. The number of hydrogen-bond acceptors (Lipinski definition) is 4. The number of carbonyl (C=O) groups is 2. The van der Waals surface area contributed by atoms with Crippen molar-refractivity contribution in [3.63, 3.8) is 0 Å². The first kappa shape index (κ1) is 20.7. The van der Waals surface area contributed by atoms with Gasteiger partial charge in [0.15, 0.2) is 5.78 Å². The molecule has 0 aromatic heterocycles. The van der Waals surface area contributed by atoms with Crippen LogP contribution in [-0.4, -0.2) is 23.5 Å². The number of halogens is 1. The van der Waals surface area contributed by atoms with Crippen molar-refractivity contribution in [1.82, 2.24) is 0 Å². The van der Waals surface area contributed by atoms with Crippen LogP contribution in [0, 0.1) is 17.8 Å². The van der Waals surface area contributed by atoms with E-state index < -0.39 is 17.8 Å². The maximum Gasteiger partial charge on any atom is 0.316 e. The number of rotatable bonds is 2. The smallest absolute Gasteiger partial charge is 0.316 e. The summed E-state index contributed by atoms with van der Waals surface area (Å²) in [5, 5.41) is 10.1. The Morgan fingerprint density at radius 2 is 1.96 bits per heavy atom. The SMILES string of the molecule is CC[C@@H]1OC(=O)[C@@H](C)C(=O)[C@H](CO)C/C(Cl)=C\[C@@H](C)Cc2cccc1c2. The zero-order valence-corrected chi connectivity index (χ0v) is 16.3. The molecule has 0 amide bonds. The predicted molar refractivity (Wildman–Crippen MR) is 102 cm³/mol. The molecule has 1 heterocycles. The molecule has 1 N–H and O–H groups in total. The second kappa shape index (κ2) is 9.33. The average Bonchev–Trinajstić information content (AvgIpc) is 2.62. The summed E-state index contributed by atoms with van der Waals surface area (Å²) in [5.74, 6) is -2.34. The Balaban J connectivity index is 2.42. The number of ether oxygens (including phenoxy) is 1. The van der Waals surface area contributed by atoms with Gasteiger partial charge < -0.3 is 9.84 Å². The van der Waals surface area contributed by atoms with Gasteiger partial charge in [-0.1, -0.05) is 55.8 Å². The van der Waals surface area contributed by atoms with E-state index in [1.54, 1.807) is 0 Å². The van der Waals surface area contributed by atoms with Crippen molar-refractivity contribution in [2.75, 3.05) is 6.61 Å². The number of esters is 1. The fourth-order valence-electron chi connectivity index (χ4n) is 3.32. The van der Waals surface area contributed by atoms with Crippen molar-refractivity contribution >= 4 is 23.4 Å². The molecule has 5 heteroatoms. The average molecular weight is 379 g/mol. The quantitative estimate of drug-likeness (QED) is 0.618. The number of hydrogen-bond donors (Lipinski definition) is 1. The third kappa shape index (κ3) is 5.18. The van der Waals surface area contributed by atoms with Crippen LogP contribution in [0.25, 0.3) is 0 Å². The lowest BCUT2D eigenvalue weighted by Gasteiger charge is -2.22. The molecule has 26 heavy (non-hydrogen) atoms. The number of Topliss-reactive ketones (excluding diaryl/α,β-unsaturated/α-hetero) is 1. The van der Waals surface area contributed by atoms with Crippen molar-refractivity contribution in [2.24, 2.45) is 17.8 Å². The van der Waals surface area contributed by atoms with Crippen molar-refractivity contribution in [3.05, 3.63) is 46.5 Å². The van der Waals surface area contributed by atoms with E-state index in [1.165, 1.54) is 6.92 Å². The molecule has 0 saturated heterocycles. The number of carbonyl (C=O) groups excluding carboxylic acids is 2. The summed E-state index contributed by atoms with van der Waals surface area (Å²) in [6.45, 7) is 5.20. The molecule has 0 saturated carbocycles. The van der Waals surface area contributed by atoms with E-state index in [9.17, 15) is 14.7 Å². The van der Waals surface area contributed by atoms with Crippen molar-refractivity contribution in [3.8, 4) is 0 Å². The highest BCUT2D eigenvalue weighted by Crippen LogP contribution is 2.28. The highest BCUT2D eigenvalue weighted by Gasteiger charge is 2.31. The second-order valence-electron chi connectivity index (χ2n) is 7.08. The first-order valence-electron chi connectivity index (χ1n) is 9.15. The van der Waals surface area contributed by atoms with Crippen LogP contribution in [0.15, 0.2) is 35.4 Å². The maximum absolute atomic E-state index is 12.6. The molecule has 1 aromatic rings. The number of aliphatic hydroxyl groups is 1. The Kier molecular flexibility index (Phi) is 7.42. The van der Waals surface area contributed by atoms with Crippen LogP contribution in [-0.2, 0) is 20.7 Å².